The number of nitrogens with two attached hydrogens (primary N) is 3. The van der Waals surface area contributed by atoms with E-state index in [0.717, 1.165) is 6.92 Å². The van der Waals surface area contributed by atoms with E-state index >= 15 is 0 Å². The molecule has 0 saturated heterocycles. The van der Waals surface area contributed by atoms with Crippen molar-refractivity contribution in [1.29, 1.82) is 0 Å². The van der Waals surface area contributed by atoms with E-state index in [0.29, 0.717) is 34.9 Å². The highest BCUT2D eigenvalue weighted by atomic mass is 32.2. The molecule has 23 N–H and O–H groups in total. The number of primary amides is 1. The lowest BCUT2D eigenvalue weighted by molar-refractivity contribution is -0.142. The van der Waals surface area contributed by atoms with Gasteiger partial charge in [0.05, 0.1) is 38.0 Å². The Morgan fingerprint density at radius 1 is 0.539 bits per heavy atom. The molecule has 12 atom stereocenters. The van der Waals surface area contributed by atoms with Gasteiger partial charge in [-0.15, -0.1) is 0 Å². The minimum absolute atomic E-state index is 0.0552. The highest BCUT2D eigenvalue weighted by Gasteiger charge is 2.38. The smallest absolute Gasteiger partial charge is 0.325 e. The number of aliphatic carboxylic acids is 2. The van der Waals surface area contributed by atoms with Crippen LogP contribution < -0.4 is 81.0 Å². The molecule has 0 fully saturated rings. The van der Waals surface area contributed by atoms with Crippen molar-refractivity contribution < 1.29 is 87.2 Å². The van der Waals surface area contributed by atoms with Crippen LogP contribution in [0.25, 0.3) is 10.9 Å². The number of carbonyl (C=O) groups excluding carboxylic acids is 13. The molecule has 0 spiro atoms. The predicted octanol–water partition coefficient (Wildman–Crippen LogP) is -4.89. The Kier molecular flexibility index (Phi) is 35.0. The maximum Gasteiger partial charge on any atom is 0.325 e. The van der Waals surface area contributed by atoms with Crippen molar-refractivity contribution >= 4 is 111 Å². The summed E-state index contributed by atoms with van der Waals surface area (Å²) in [5.74, 6) is -15.7. The Morgan fingerprint density at radius 3 is 1.65 bits per heavy atom. The van der Waals surface area contributed by atoms with Gasteiger partial charge in [-0.1, -0.05) is 62.4 Å². The number of H-pyrrole nitrogens is 2. The van der Waals surface area contributed by atoms with Gasteiger partial charge in [-0.3, -0.25) is 71.9 Å². The molecule has 4 aromatic rings. The van der Waals surface area contributed by atoms with Crippen LogP contribution in [0.4, 0.5) is 0 Å². The Hall–Kier alpha value is -10.5. The Morgan fingerprint density at radius 2 is 1.07 bits per heavy atom. The molecule has 0 aliphatic carbocycles. The summed E-state index contributed by atoms with van der Waals surface area (Å²) in [6, 6.07) is -0.555. The second kappa shape index (κ2) is 42.5. The van der Waals surface area contributed by atoms with Crippen molar-refractivity contribution in [3.8, 4) is 0 Å². The third-order valence-electron chi connectivity index (χ3n) is 15.7. The number of para-hydroxylation sites is 1. The van der Waals surface area contributed by atoms with E-state index in [-0.39, 0.29) is 43.7 Å². The first kappa shape index (κ1) is 83.9. The number of carboxylic acids is 2. The molecule has 0 radical (unpaired) electrons. The number of imidazole rings is 1. The standard InChI is InChI=1S/C65H94N18O18S/c1-33(2)53(63(98)74-35(4)65(100)101)82-61(96)45(24-37-14-8-7-9-15-37)78-59(94)44(21-23-102-6)77-58(93)43(19-20-52(88)89)75-51(87)31-71-50(86)30-72-56(91)48(27-49(68)85)80-60(95)47(26-39-29-69-32-73-39)81-64(99)54(36(5)84)83-62(97)46(25-38-28-70-41-17-11-10-16-40(38)41)79-57(92)42(18-12-13-22-66)76-55(90)34(3)67/h7-11,14-17,28-29,32-36,42-48,53-54,70,84H,12-13,18-27,30-31,66-67H2,1-6H3,(H2,68,85)(H,69,73)(H,71,86)(H,72,91)(H,74,98)(H,75,87)(H,76,90)(H,77,93)(H,78,94)(H,79,92)(H,80,95)(H,81,99)(H,82,96)(H,83,97)(H,88,89)(H,100,101)/t34-,35-,36+,42-,43-,44-,45-,46-,47-,48-,53-,54-/m0/s1. The number of rotatable bonds is 45. The molecule has 0 saturated carbocycles. The van der Waals surface area contributed by atoms with Crippen molar-refractivity contribution in [1.82, 2.24) is 78.8 Å². The van der Waals surface area contributed by atoms with E-state index in [4.69, 9.17) is 17.2 Å². The van der Waals surface area contributed by atoms with Crippen LogP contribution in [0.5, 0.6) is 0 Å². The molecular weight excluding hydrogens is 1350 g/mol. The van der Waals surface area contributed by atoms with E-state index in [1.54, 1.807) is 80.9 Å². The normalized spacial score (nSPS) is 14.6. The molecule has 0 aliphatic heterocycles. The van der Waals surface area contributed by atoms with Gasteiger partial charge in [-0.25, -0.2) is 4.98 Å². The lowest BCUT2D eigenvalue weighted by Crippen LogP contribution is -2.62. The van der Waals surface area contributed by atoms with E-state index in [9.17, 15) is 87.2 Å². The third kappa shape index (κ3) is 28.6. The third-order valence-corrected chi connectivity index (χ3v) is 16.4. The summed E-state index contributed by atoms with van der Waals surface area (Å²) in [5, 5.41) is 59.9. The van der Waals surface area contributed by atoms with Gasteiger partial charge in [-0.2, -0.15) is 11.8 Å². The van der Waals surface area contributed by atoms with Gasteiger partial charge in [0.25, 0.3) is 0 Å². The molecule has 0 aliphatic rings. The molecule has 102 heavy (non-hydrogen) atoms. The summed E-state index contributed by atoms with van der Waals surface area (Å²) in [7, 11) is 0. The van der Waals surface area contributed by atoms with Crippen molar-refractivity contribution in [2.24, 2.45) is 23.1 Å². The molecule has 37 heteroatoms. The first-order valence-corrected chi connectivity index (χ1v) is 34.2. The summed E-state index contributed by atoms with van der Waals surface area (Å²) in [5.41, 5.74) is 19.0. The average Bonchev–Trinajstić information content (AvgIpc) is 1.61. The van der Waals surface area contributed by atoms with Gasteiger partial charge in [0, 0.05) is 54.7 Å². The number of aromatic amines is 2. The van der Waals surface area contributed by atoms with Gasteiger partial charge in [0.2, 0.25) is 76.8 Å². The first-order valence-electron chi connectivity index (χ1n) is 32.8. The molecule has 0 unspecified atom stereocenters. The number of hydrogen-bond acceptors (Lipinski definition) is 20. The minimum atomic E-state index is -1.85. The van der Waals surface area contributed by atoms with Gasteiger partial charge in [-0.05, 0) is 94.5 Å². The van der Waals surface area contributed by atoms with Crippen LogP contribution in [0.1, 0.15) is 96.4 Å². The number of amides is 13. The molecule has 558 valence electrons. The summed E-state index contributed by atoms with van der Waals surface area (Å²) < 4.78 is 0. The molecular formula is C65H94N18O18S. The molecule has 2 aromatic carbocycles. The van der Waals surface area contributed by atoms with Crippen LogP contribution in [-0.4, -0.2) is 223 Å². The summed E-state index contributed by atoms with van der Waals surface area (Å²) in [6.45, 7) is 5.49. The average molecular weight is 1450 g/mol. The molecule has 0 bridgehead atoms. The van der Waals surface area contributed by atoms with E-state index in [2.05, 4.69) is 78.8 Å². The van der Waals surface area contributed by atoms with Gasteiger partial charge >= 0.3 is 11.9 Å². The number of carboxylic acid groups (broad SMARTS) is 2. The number of hydrogen-bond donors (Lipinski definition) is 20. The number of aromatic nitrogens is 3. The zero-order valence-electron chi connectivity index (χ0n) is 57.4. The molecule has 4 rings (SSSR count). The molecule has 2 heterocycles. The molecule has 36 nitrogen and oxygen atoms in total. The van der Waals surface area contributed by atoms with Crippen LogP contribution in [-0.2, 0) is 91.2 Å². The number of fused-ring (bicyclic) bond motifs is 1. The number of nitrogens with one attached hydrogen (secondary N) is 14. The fourth-order valence-electron chi connectivity index (χ4n) is 10.1. The largest absolute Gasteiger partial charge is 0.481 e. The zero-order chi connectivity index (χ0) is 75.8. The lowest BCUT2D eigenvalue weighted by atomic mass is 10.00. The fourth-order valence-corrected chi connectivity index (χ4v) is 10.5. The maximum absolute atomic E-state index is 14.4. The number of carbonyl (C=O) groups is 15. The Labute approximate surface area is 591 Å². The van der Waals surface area contributed by atoms with Gasteiger partial charge in [0.15, 0.2) is 0 Å². The zero-order valence-corrected chi connectivity index (χ0v) is 58.2. The number of aliphatic hydroxyl groups excluding tert-OH is 1. The second-order valence-electron chi connectivity index (χ2n) is 24.5. The quantitative estimate of drug-likeness (QED) is 0.0185. The topological polar surface area (TPSA) is 584 Å². The maximum atomic E-state index is 14.4. The Balaban J connectivity index is 1.47. The first-order chi connectivity index (χ1) is 48.3. The van der Waals surface area contributed by atoms with Crippen molar-refractivity contribution in [2.45, 2.75) is 171 Å². The second-order valence-corrected chi connectivity index (χ2v) is 25.5. The number of benzene rings is 2. The predicted molar refractivity (Wildman–Crippen MR) is 370 cm³/mol. The van der Waals surface area contributed by atoms with E-state index in [1.165, 1.54) is 38.1 Å². The number of nitrogens with zero attached hydrogens (tertiary/aromatic N) is 1. The van der Waals surface area contributed by atoms with Crippen LogP contribution >= 0.6 is 11.8 Å². The Bertz CT molecular complexity index is 3540. The minimum Gasteiger partial charge on any atom is -0.481 e. The molecule has 2 aromatic heterocycles. The van der Waals surface area contributed by atoms with Crippen LogP contribution in [0, 0.1) is 5.92 Å². The summed E-state index contributed by atoms with van der Waals surface area (Å²) in [6.07, 6.45) is 2.33. The summed E-state index contributed by atoms with van der Waals surface area (Å²) >= 11 is 1.29. The fraction of sp³-hybridized carbons (Fsp3) is 0.508. The van der Waals surface area contributed by atoms with Crippen LogP contribution in [0.15, 0.2) is 73.3 Å². The van der Waals surface area contributed by atoms with Crippen molar-refractivity contribution in [3.63, 3.8) is 0 Å². The van der Waals surface area contributed by atoms with Gasteiger partial charge < -0.3 is 106 Å². The highest BCUT2D eigenvalue weighted by Crippen LogP contribution is 2.20. The summed E-state index contributed by atoms with van der Waals surface area (Å²) in [4.78, 5) is 211. The monoisotopic (exact) mass is 1450 g/mol. The van der Waals surface area contributed by atoms with Crippen molar-refractivity contribution in [3.05, 3.63) is 90.1 Å². The molecule has 13 amide bonds. The lowest BCUT2D eigenvalue weighted by Gasteiger charge is -2.28. The SMILES string of the molecule is CSCC[C@H](NC(=O)[C@H](CCC(=O)O)NC(=O)CNC(=O)CNC(=O)[C@H](CC(N)=O)NC(=O)[C@H](Cc1cnc[nH]1)NC(=O)[C@@H](NC(=O)[C@H](Cc1c[nH]c2ccccc12)NC(=O)[C@H](CCCCN)NC(=O)[C@H](C)N)[C@@H](C)O)C(=O)N[C@@H](Cc1ccccc1)C(=O)N[C@H](C(=O)N[C@@H](C)C(=O)O)C(C)C. The van der Waals surface area contributed by atoms with Crippen LogP contribution in [0.3, 0.4) is 0 Å². The number of aliphatic hydroxyl groups is 1. The van der Waals surface area contributed by atoms with E-state index in [1.807, 2.05) is 0 Å². The number of unbranched alkanes of at least 4 members (excludes halogenated alkanes) is 1. The van der Waals surface area contributed by atoms with Crippen LogP contribution in [0.2, 0.25) is 0 Å². The highest BCUT2D eigenvalue weighted by molar-refractivity contribution is 7.98. The van der Waals surface area contributed by atoms with Crippen molar-refractivity contribution in [2.75, 3.05) is 31.6 Å². The number of thioether (sulfide) groups is 1. The van der Waals surface area contributed by atoms with Gasteiger partial charge in [0.1, 0.15) is 60.4 Å². The van der Waals surface area contributed by atoms with E-state index < -0.39 is 206 Å².